The molecule has 29 heavy (non-hydrogen) atoms. The van der Waals surface area contributed by atoms with E-state index in [4.69, 9.17) is 16.3 Å². The smallest absolute Gasteiger partial charge is 0.271 e. The third-order valence-electron chi connectivity index (χ3n) is 3.90. The first-order chi connectivity index (χ1) is 14.0. The van der Waals surface area contributed by atoms with Crippen molar-refractivity contribution >= 4 is 29.4 Å². The van der Waals surface area contributed by atoms with Crippen LogP contribution >= 0.6 is 11.6 Å². The summed E-state index contributed by atoms with van der Waals surface area (Å²) >= 11 is 5.86. The van der Waals surface area contributed by atoms with Crippen molar-refractivity contribution in [3.8, 4) is 5.75 Å². The van der Waals surface area contributed by atoms with Crippen LogP contribution < -0.4 is 10.2 Å². The zero-order valence-corrected chi connectivity index (χ0v) is 15.9. The molecule has 3 aromatic rings. The molecule has 0 aliphatic rings. The summed E-state index contributed by atoms with van der Waals surface area (Å²) in [5.74, 6) is 0.158. The number of hydrazone groups is 1. The van der Waals surface area contributed by atoms with Crippen molar-refractivity contribution in [3.63, 3.8) is 0 Å². The minimum atomic E-state index is -0.559. The summed E-state index contributed by atoms with van der Waals surface area (Å²) in [7, 11) is 0. The molecule has 8 heteroatoms. The minimum absolute atomic E-state index is 0.155. The number of ether oxygens (including phenoxy) is 1. The summed E-state index contributed by atoms with van der Waals surface area (Å²) in [6.07, 6.45) is 1.47. The number of hydrogen-bond donors (Lipinski definition) is 1. The molecule has 146 valence electrons. The molecule has 0 aliphatic carbocycles. The molecular formula is C21H16ClN3O4. The van der Waals surface area contributed by atoms with Crippen LogP contribution in [0.4, 0.5) is 5.69 Å². The molecule has 0 unspecified atom stereocenters. The van der Waals surface area contributed by atoms with Gasteiger partial charge < -0.3 is 4.74 Å². The predicted octanol–water partition coefficient (Wildman–Crippen LogP) is 4.59. The number of nitrogens with zero attached hydrogens (tertiary/aromatic N) is 2. The highest BCUT2D eigenvalue weighted by molar-refractivity contribution is 6.30. The molecule has 3 rings (SSSR count). The molecule has 0 aliphatic heterocycles. The second-order valence-electron chi connectivity index (χ2n) is 5.99. The van der Waals surface area contributed by atoms with Crippen molar-refractivity contribution in [2.45, 2.75) is 6.61 Å². The topological polar surface area (TPSA) is 93.8 Å². The third-order valence-corrected chi connectivity index (χ3v) is 4.15. The lowest BCUT2D eigenvalue weighted by Gasteiger charge is -2.06. The zero-order valence-electron chi connectivity index (χ0n) is 15.1. The fraction of sp³-hybridized carbons (Fsp3) is 0.0476. The van der Waals surface area contributed by atoms with Crippen LogP contribution in [0.5, 0.6) is 5.75 Å². The van der Waals surface area contributed by atoms with Gasteiger partial charge in [0.05, 0.1) is 11.1 Å². The molecule has 0 fully saturated rings. The summed E-state index contributed by atoms with van der Waals surface area (Å²) in [6, 6.07) is 20.0. The summed E-state index contributed by atoms with van der Waals surface area (Å²) in [6.45, 7) is 0.421. The Kier molecular flexibility index (Phi) is 6.55. The quantitative estimate of drug-likeness (QED) is 0.351. The van der Waals surface area contributed by atoms with E-state index in [1.54, 1.807) is 24.3 Å². The molecule has 0 radical (unpaired) electrons. The summed E-state index contributed by atoms with van der Waals surface area (Å²) < 4.78 is 5.71. The largest absolute Gasteiger partial charge is 0.489 e. The second-order valence-corrected chi connectivity index (χ2v) is 6.43. The number of non-ortho nitro benzene ring substituents is 1. The fourth-order valence-electron chi connectivity index (χ4n) is 2.39. The first-order valence-electron chi connectivity index (χ1n) is 8.56. The Balaban J connectivity index is 1.53. The number of nitro benzene ring substituents is 1. The molecule has 0 saturated heterocycles. The zero-order chi connectivity index (χ0) is 20.6. The Bertz CT molecular complexity index is 1030. The number of nitrogens with one attached hydrogen (secondary N) is 1. The standard InChI is InChI=1S/C21H16ClN3O4/c22-18-8-4-16(5-9-18)14-29-20-10-6-15(7-11-20)13-23-24-21(26)17-2-1-3-19(12-17)25(27)28/h1-13H,14H2,(H,24,26)/b23-13-. The highest BCUT2D eigenvalue weighted by atomic mass is 35.5. The molecule has 0 bridgehead atoms. The Morgan fingerprint density at radius 2 is 1.83 bits per heavy atom. The van der Waals surface area contributed by atoms with Crippen molar-refractivity contribution < 1.29 is 14.5 Å². The van der Waals surface area contributed by atoms with Gasteiger partial charge in [-0.15, -0.1) is 0 Å². The van der Waals surface area contributed by atoms with Crippen LogP contribution in [0.3, 0.4) is 0 Å². The lowest BCUT2D eigenvalue weighted by atomic mass is 10.2. The van der Waals surface area contributed by atoms with Gasteiger partial charge >= 0.3 is 0 Å². The molecule has 3 aromatic carbocycles. The first-order valence-corrected chi connectivity index (χ1v) is 8.94. The maximum atomic E-state index is 12.0. The van der Waals surface area contributed by atoms with Crippen LogP contribution in [0.15, 0.2) is 77.9 Å². The highest BCUT2D eigenvalue weighted by Gasteiger charge is 2.10. The van der Waals surface area contributed by atoms with Gasteiger partial charge in [0.15, 0.2) is 0 Å². The maximum absolute atomic E-state index is 12.0. The molecule has 0 heterocycles. The minimum Gasteiger partial charge on any atom is -0.489 e. The Hall–Kier alpha value is -3.71. The lowest BCUT2D eigenvalue weighted by Crippen LogP contribution is -2.17. The Morgan fingerprint density at radius 3 is 2.52 bits per heavy atom. The van der Waals surface area contributed by atoms with Crippen LogP contribution in [0.1, 0.15) is 21.5 Å². The van der Waals surface area contributed by atoms with Crippen molar-refractivity contribution in [1.29, 1.82) is 0 Å². The Morgan fingerprint density at radius 1 is 1.10 bits per heavy atom. The van der Waals surface area contributed by atoms with Gasteiger partial charge in [0.25, 0.3) is 11.6 Å². The van der Waals surface area contributed by atoms with Gasteiger partial charge in [0, 0.05) is 22.7 Å². The van der Waals surface area contributed by atoms with Crippen molar-refractivity contribution in [3.05, 3.63) is 105 Å². The van der Waals surface area contributed by atoms with Gasteiger partial charge in [-0.2, -0.15) is 5.10 Å². The van der Waals surface area contributed by atoms with E-state index in [2.05, 4.69) is 10.5 Å². The molecule has 7 nitrogen and oxygen atoms in total. The van der Waals surface area contributed by atoms with Gasteiger partial charge in [-0.1, -0.05) is 29.8 Å². The molecule has 1 amide bonds. The van der Waals surface area contributed by atoms with E-state index in [0.717, 1.165) is 11.1 Å². The molecule has 0 atom stereocenters. The third kappa shape index (κ3) is 5.88. The maximum Gasteiger partial charge on any atom is 0.271 e. The van der Waals surface area contributed by atoms with Crippen molar-refractivity contribution in [2.24, 2.45) is 5.10 Å². The molecule has 0 spiro atoms. The predicted molar refractivity (Wildman–Crippen MR) is 110 cm³/mol. The van der Waals surface area contributed by atoms with Crippen molar-refractivity contribution in [2.75, 3.05) is 0 Å². The highest BCUT2D eigenvalue weighted by Crippen LogP contribution is 2.15. The number of carbonyl (C=O) groups excluding carboxylic acids is 1. The second kappa shape index (κ2) is 9.48. The average Bonchev–Trinajstić information content (AvgIpc) is 2.74. The van der Waals surface area contributed by atoms with E-state index in [1.165, 1.54) is 30.5 Å². The van der Waals surface area contributed by atoms with Gasteiger partial charge in [0.1, 0.15) is 12.4 Å². The van der Waals surface area contributed by atoms with E-state index < -0.39 is 10.8 Å². The van der Waals surface area contributed by atoms with Crippen LogP contribution in [0.2, 0.25) is 5.02 Å². The van der Waals surface area contributed by atoms with Crippen LogP contribution in [-0.2, 0) is 6.61 Å². The fourth-order valence-corrected chi connectivity index (χ4v) is 2.51. The molecule has 0 saturated carbocycles. The number of nitro groups is 1. The van der Waals surface area contributed by atoms with Gasteiger partial charge in [0.2, 0.25) is 0 Å². The monoisotopic (exact) mass is 409 g/mol. The Labute approximate surface area is 171 Å². The number of halogens is 1. The number of amides is 1. The van der Waals surface area contributed by atoms with Crippen LogP contribution in [-0.4, -0.2) is 17.0 Å². The first kappa shape index (κ1) is 20.0. The lowest BCUT2D eigenvalue weighted by molar-refractivity contribution is -0.384. The van der Waals surface area contributed by atoms with Crippen molar-refractivity contribution in [1.82, 2.24) is 5.43 Å². The summed E-state index contributed by atoms with van der Waals surface area (Å²) in [4.78, 5) is 22.2. The van der Waals surface area contributed by atoms with E-state index in [-0.39, 0.29) is 11.3 Å². The average molecular weight is 410 g/mol. The van der Waals surface area contributed by atoms with E-state index in [0.29, 0.717) is 17.4 Å². The summed E-state index contributed by atoms with van der Waals surface area (Å²) in [5.41, 5.74) is 4.10. The van der Waals surface area contributed by atoms with Gasteiger partial charge in [-0.25, -0.2) is 5.43 Å². The molecular weight excluding hydrogens is 394 g/mol. The number of rotatable bonds is 7. The molecule has 0 aromatic heterocycles. The number of benzene rings is 3. The normalized spacial score (nSPS) is 10.7. The van der Waals surface area contributed by atoms with E-state index >= 15 is 0 Å². The van der Waals surface area contributed by atoms with Gasteiger partial charge in [-0.05, 0) is 53.6 Å². The summed E-state index contributed by atoms with van der Waals surface area (Å²) in [5, 5.41) is 15.3. The van der Waals surface area contributed by atoms with Crippen LogP contribution in [0, 0.1) is 10.1 Å². The SMILES string of the molecule is O=C(N/N=C\c1ccc(OCc2ccc(Cl)cc2)cc1)c1cccc([N+](=O)[O-])c1. The van der Waals surface area contributed by atoms with E-state index in [9.17, 15) is 14.9 Å². The van der Waals surface area contributed by atoms with Crippen LogP contribution in [0.25, 0.3) is 0 Å². The number of hydrogen-bond acceptors (Lipinski definition) is 5. The van der Waals surface area contributed by atoms with E-state index in [1.807, 2.05) is 24.3 Å². The molecule has 1 N–H and O–H groups in total. The number of carbonyl (C=O) groups is 1. The van der Waals surface area contributed by atoms with Gasteiger partial charge in [-0.3, -0.25) is 14.9 Å².